The third-order valence-electron chi connectivity index (χ3n) is 5.65. The summed E-state index contributed by atoms with van der Waals surface area (Å²) in [6, 6.07) is 13.0. The number of urea groups is 1. The number of carbonyl (C=O) groups excluding carboxylic acids is 1. The number of hydrogen-bond donors (Lipinski definition) is 1. The van der Waals surface area contributed by atoms with Crippen molar-refractivity contribution in [2.45, 2.75) is 18.3 Å². The van der Waals surface area contributed by atoms with Crippen LogP contribution >= 0.6 is 0 Å². The molecule has 6 heteroatoms. The lowest BCUT2D eigenvalue weighted by Crippen LogP contribution is -2.52. The van der Waals surface area contributed by atoms with Gasteiger partial charge in [0.15, 0.2) is 0 Å². The minimum atomic E-state index is -0.244. The topological polar surface area (TPSA) is 35.6 Å². The largest absolute Gasteiger partial charge is 0.368 e. The molecule has 2 aromatic rings. The zero-order chi connectivity index (χ0) is 18.9. The van der Waals surface area contributed by atoms with Gasteiger partial charge in [-0.25, -0.2) is 13.6 Å². The highest BCUT2D eigenvalue weighted by atomic mass is 19.1. The van der Waals surface area contributed by atoms with E-state index in [1.807, 2.05) is 17.0 Å². The fraction of sp³-hybridized carbons (Fsp3) is 0.381. The standard InChI is InChI=1S/C21H23F2N3O/c22-17-3-1-16(2-4-17)21(9-10-21)15-24-20(27)26-13-11-25(12-14-26)19-7-5-18(23)6-8-19/h1-8H,9-15H2,(H,24,27). The molecule has 2 aliphatic rings. The van der Waals surface area contributed by atoms with Crippen molar-refractivity contribution in [3.63, 3.8) is 0 Å². The van der Waals surface area contributed by atoms with Gasteiger partial charge >= 0.3 is 6.03 Å². The van der Waals surface area contributed by atoms with E-state index in [9.17, 15) is 13.6 Å². The average Bonchev–Trinajstić information content (AvgIpc) is 3.48. The maximum Gasteiger partial charge on any atom is 0.317 e. The van der Waals surface area contributed by atoms with Crippen molar-refractivity contribution in [1.29, 1.82) is 0 Å². The molecule has 2 amide bonds. The molecule has 2 aromatic carbocycles. The molecule has 2 fully saturated rings. The van der Waals surface area contributed by atoms with E-state index in [2.05, 4.69) is 10.2 Å². The Morgan fingerprint density at radius 2 is 1.44 bits per heavy atom. The number of hydrogen-bond acceptors (Lipinski definition) is 2. The molecule has 1 saturated heterocycles. The van der Waals surface area contributed by atoms with E-state index >= 15 is 0 Å². The SMILES string of the molecule is O=C(NCC1(c2ccc(F)cc2)CC1)N1CCN(c2ccc(F)cc2)CC1. The van der Waals surface area contributed by atoms with Gasteiger partial charge in [0.05, 0.1) is 0 Å². The number of piperazine rings is 1. The summed E-state index contributed by atoms with van der Waals surface area (Å²) in [5, 5.41) is 3.06. The van der Waals surface area contributed by atoms with Crippen LogP contribution in [0.5, 0.6) is 0 Å². The number of nitrogens with one attached hydrogen (secondary N) is 1. The van der Waals surface area contributed by atoms with Gasteiger partial charge < -0.3 is 15.1 Å². The normalized spacial score (nSPS) is 18.3. The molecule has 1 aliphatic carbocycles. The summed E-state index contributed by atoms with van der Waals surface area (Å²) in [5.74, 6) is -0.482. The van der Waals surface area contributed by atoms with Crippen LogP contribution in [0.2, 0.25) is 0 Å². The maximum absolute atomic E-state index is 13.1. The van der Waals surface area contributed by atoms with Gasteiger partial charge in [0.25, 0.3) is 0 Å². The van der Waals surface area contributed by atoms with Crippen LogP contribution in [-0.2, 0) is 5.41 Å². The quantitative estimate of drug-likeness (QED) is 0.893. The first-order chi connectivity index (χ1) is 13.1. The van der Waals surface area contributed by atoms with Crippen LogP contribution in [0.25, 0.3) is 0 Å². The van der Waals surface area contributed by atoms with E-state index in [1.165, 1.54) is 24.3 Å². The fourth-order valence-corrected chi connectivity index (χ4v) is 3.70. The van der Waals surface area contributed by atoms with Crippen molar-refractivity contribution in [3.05, 3.63) is 65.7 Å². The highest BCUT2D eigenvalue weighted by Crippen LogP contribution is 2.47. The summed E-state index contributed by atoms with van der Waals surface area (Å²) in [4.78, 5) is 16.5. The summed E-state index contributed by atoms with van der Waals surface area (Å²) in [6.07, 6.45) is 2.02. The van der Waals surface area contributed by atoms with Crippen molar-refractivity contribution >= 4 is 11.7 Å². The minimum absolute atomic E-state index is 0.0424. The van der Waals surface area contributed by atoms with Gasteiger partial charge in [-0.2, -0.15) is 0 Å². The lowest BCUT2D eigenvalue weighted by molar-refractivity contribution is 0.193. The summed E-state index contributed by atoms with van der Waals surface area (Å²) in [5.41, 5.74) is 2.02. The van der Waals surface area contributed by atoms with Crippen LogP contribution in [0.1, 0.15) is 18.4 Å². The molecule has 1 saturated carbocycles. The van der Waals surface area contributed by atoms with Crippen molar-refractivity contribution in [2.75, 3.05) is 37.6 Å². The van der Waals surface area contributed by atoms with Crippen molar-refractivity contribution in [1.82, 2.24) is 10.2 Å². The summed E-state index contributed by atoms with van der Waals surface area (Å²) in [7, 11) is 0. The number of carbonyl (C=O) groups is 1. The molecule has 0 aromatic heterocycles. The molecule has 4 nitrogen and oxygen atoms in total. The molecule has 0 bridgehead atoms. The van der Waals surface area contributed by atoms with Crippen molar-refractivity contribution < 1.29 is 13.6 Å². The van der Waals surface area contributed by atoms with Crippen LogP contribution in [0, 0.1) is 11.6 Å². The Bertz CT molecular complexity index is 795. The van der Waals surface area contributed by atoms with E-state index in [-0.39, 0.29) is 23.1 Å². The van der Waals surface area contributed by atoms with E-state index in [0.29, 0.717) is 19.6 Å². The molecular formula is C21H23F2N3O. The molecule has 0 atom stereocenters. The monoisotopic (exact) mass is 371 g/mol. The number of anilines is 1. The Labute approximate surface area is 157 Å². The summed E-state index contributed by atoms with van der Waals surface area (Å²) >= 11 is 0. The average molecular weight is 371 g/mol. The summed E-state index contributed by atoms with van der Waals surface area (Å²) < 4.78 is 26.2. The smallest absolute Gasteiger partial charge is 0.317 e. The molecule has 27 heavy (non-hydrogen) atoms. The molecule has 142 valence electrons. The molecule has 1 heterocycles. The first-order valence-corrected chi connectivity index (χ1v) is 9.35. The minimum Gasteiger partial charge on any atom is -0.368 e. The molecular weight excluding hydrogens is 348 g/mol. The first-order valence-electron chi connectivity index (χ1n) is 9.35. The molecule has 0 radical (unpaired) electrons. The molecule has 0 spiro atoms. The molecule has 0 unspecified atom stereocenters. The highest BCUT2D eigenvalue weighted by molar-refractivity contribution is 5.75. The Morgan fingerprint density at radius 3 is 2.00 bits per heavy atom. The maximum atomic E-state index is 13.1. The van der Waals surface area contributed by atoms with Crippen LogP contribution in [0.15, 0.2) is 48.5 Å². The van der Waals surface area contributed by atoms with Gasteiger partial charge in [0, 0.05) is 43.8 Å². The third-order valence-corrected chi connectivity index (χ3v) is 5.65. The van der Waals surface area contributed by atoms with Crippen LogP contribution in [0.4, 0.5) is 19.3 Å². The second-order valence-electron chi connectivity index (χ2n) is 7.40. The zero-order valence-corrected chi connectivity index (χ0v) is 15.1. The predicted molar refractivity (Wildman–Crippen MR) is 101 cm³/mol. The van der Waals surface area contributed by atoms with Crippen molar-refractivity contribution in [3.8, 4) is 0 Å². The molecule has 1 aliphatic heterocycles. The van der Waals surface area contributed by atoms with Gasteiger partial charge in [0.2, 0.25) is 0 Å². The second-order valence-corrected chi connectivity index (χ2v) is 7.40. The number of amides is 2. The van der Waals surface area contributed by atoms with Gasteiger partial charge in [-0.15, -0.1) is 0 Å². The van der Waals surface area contributed by atoms with E-state index < -0.39 is 0 Å². The fourth-order valence-electron chi connectivity index (χ4n) is 3.70. The predicted octanol–water partition coefficient (Wildman–Crippen LogP) is 3.53. The first kappa shape index (κ1) is 17.8. The van der Waals surface area contributed by atoms with Crippen LogP contribution in [-0.4, -0.2) is 43.7 Å². The van der Waals surface area contributed by atoms with Crippen LogP contribution < -0.4 is 10.2 Å². The van der Waals surface area contributed by atoms with Gasteiger partial charge in [0.1, 0.15) is 11.6 Å². The van der Waals surface area contributed by atoms with Crippen molar-refractivity contribution in [2.24, 2.45) is 0 Å². The second kappa shape index (κ2) is 7.18. The zero-order valence-electron chi connectivity index (χ0n) is 15.1. The van der Waals surface area contributed by atoms with Gasteiger partial charge in [-0.1, -0.05) is 12.1 Å². The number of halogens is 2. The van der Waals surface area contributed by atoms with E-state index in [1.54, 1.807) is 12.1 Å². The Balaban J connectivity index is 1.28. The van der Waals surface area contributed by atoms with E-state index in [4.69, 9.17) is 0 Å². The molecule has 1 N–H and O–H groups in total. The third kappa shape index (κ3) is 3.89. The number of rotatable bonds is 4. The Hall–Kier alpha value is -2.63. The molecule has 4 rings (SSSR count). The van der Waals surface area contributed by atoms with Gasteiger partial charge in [-0.3, -0.25) is 0 Å². The Kier molecular flexibility index (Phi) is 4.72. The highest BCUT2D eigenvalue weighted by Gasteiger charge is 2.44. The lowest BCUT2D eigenvalue weighted by atomic mass is 9.96. The lowest BCUT2D eigenvalue weighted by Gasteiger charge is -2.36. The number of nitrogens with zero attached hydrogens (tertiary/aromatic N) is 2. The van der Waals surface area contributed by atoms with E-state index in [0.717, 1.165) is 37.2 Å². The number of benzene rings is 2. The van der Waals surface area contributed by atoms with Gasteiger partial charge in [-0.05, 0) is 54.8 Å². The van der Waals surface area contributed by atoms with Crippen LogP contribution in [0.3, 0.4) is 0 Å². The summed E-state index contributed by atoms with van der Waals surface area (Å²) in [6.45, 7) is 3.29. The Morgan fingerprint density at radius 1 is 0.889 bits per heavy atom.